The van der Waals surface area contributed by atoms with Crippen LogP contribution in [0.15, 0.2) is 99.6 Å². The molecule has 36 heavy (non-hydrogen) atoms. The van der Waals surface area contributed by atoms with Crippen molar-refractivity contribution in [1.29, 1.82) is 0 Å². The van der Waals surface area contributed by atoms with Crippen molar-refractivity contribution in [2.45, 2.75) is 19.8 Å². The zero-order valence-electron chi connectivity index (χ0n) is 18.5. The quantitative estimate of drug-likeness (QED) is 0.168. The predicted molar refractivity (Wildman–Crippen MR) is 165 cm³/mol. The van der Waals surface area contributed by atoms with E-state index >= 15 is 0 Å². The minimum atomic E-state index is 0.408. The van der Waals surface area contributed by atoms with E-state index in [1.807, 2.05) is 54.6 Å². The smallest absolute Gasteiger partial charge is 0.134 e. The summed E-state index contributed by atoms with van der Waals surface area (Å²) in [5.74, 6) is 2.32. The minimum Gasteiger partial charge on any atom is -0.488 e. The van der Waals surface area contributed by atoms with Gasteiger partial charge in [-0.3, -0.25) is 0 Å². The van der Waals surface area contributed by atoms with Gasteiger partial charge in [-0.25, -0.2) is 0 Å². The molecule has 0 spiro atoms. The number of rotatable bonds is 9. The summed E-state index contributed by atoms with van der Waals surface area (Å²) in [6.07, 6.45) is 0. The molecule has 4 aromatic rings. The van der Waals surface area contributed by atoms with Gasteiger partial charge in [0, 0.05) is 13.4 Å². The Hall–Kier alpha value is -0.840. The van der Waals surface area contributed by atoms with Crippen LogP contribution < -0.4 is 14.2 Å². The Morgan fingerprint density at radius 3 is 0.917 bits per heavy atom. The molecule has 9 heteroatoms. The summed E-state index contributed by atoms with van der Waals surface area (Å²) in [4.78, 5) is 0. The number of hydrogen-bond donors (Lipinski definition) is 0. The Kier molecular flexibility index (Phi) is 10.4. The number of benzene rings is 4. The summed E-state index contributed by atoms with van der Waals surface area (Å²) in [6.45, 7) is 1.22. The van der Waals surface area contributed by atoms with Gasteiger partial charge >= 0.3 is 0 Å². The molecule has 4 rings (SSSR count). The third-order valence-corrected chi connectivity index (χ3v) is 8.32. The van der Waals surface area contributed by atoms with E-state index in [4.69, 9.17) is 14.2 Å². The molecule has 0 N–H and O–H groups in total. The van der Waals surface area contributed by atoms with Gasteiger partial charge in [0.1, 0.15) is 37.1 Å². The second kappa shape index (κ2) is 13.3. The lowest BCUT2D eigenvalue weighted by Crippen LogP contribution is -2.04. The van der Waals surface area contributed by atoms with Crippen LogP contribution in [-0.2, 0) is 19.8 Å². The molecule has 0 fully saturated rings. The Balaban J connectivity index is 1.54. The zero-order valence-corrected chi connectivity index (χ0v) is 28.1. The maximum Gasteiger partial charge on any atom is 0.134 e. The first-order valence-electron chi connectivity index (χ1n) is 10.6. The van der Waals surface area contributed by atoms with E-state index in [-0.39, 0.29) is 0 Å². The van der Waals surface area contributed by atoms with Gasteiger partial charge in [0.05, 0.1) is 13.4 Å². The molecule has 0 aliphatic carbocycles. The summed E-state index contributed by atoms with van der Waals surface area (Å²) in [6, 6.07) is 23.8. The molecule has 0 unspecified atom stereocenters. The summed E-state index contributed by atoms with van der Waals surface area (Å²) in [7, 11) is 0. The van der Waals surface area contributed by atoms with Crippen LogP contribution in [0.1, 0.15) is 16.7 Å². The molecular formula is C27H18Br6O3. The fourth-order valence-electron chi connectivity index (χ4n) is 3.35. The Bertz CT molecular complexity index is 1200. The molecule has 0 radical (unpaired) electrons. The average Bonchev–Trinajstić information content (AvgIpc) is 2.82. The lowest BCUT2D eigenvalue weighted by Gasteiger charge is -2.15. The third-order valence-electron chi connectivity index (χ3n) is 4.98. The highest BCUT2D eigenvalue weighted by atomic mass is 79.9. The average molecular weight is 870 g/mol. The minimum absolute atomic E-state index is 0.408. The molecule has 0 heterocycles. The van der Waals surface area contributed by atoms with Gasteiger partial charge in [-0.05, 0) is 137 Å². The normalized spacial score (nSPS) is 10.8. The van der Waals surface area contributed by atoms with Crippen LogP contribution in [0, 0.1) is 0 Å². The molecule has 0 bridgehead atoms. The van der Waals surface area contributed by atoms with Gasteiger partial charge in [-0.15, -0.1) is 0 Å². The van der Waals surface area contributed by atoms with Crippen LogP contribution in [0.4, 0.5) is 0 Å². The van der Waals surface area contributed by atoms with E-state index in [2.05, 4.69) is 114 Å². The van der Waals surface area contributed by atoms with Crippen LogP contribution in [-0.4, -0.2) is 0 Å². The molecule has 4 aromatic carbocycles. The molecule has 0 atom stereocenters. The second-order valence-corrected chi connectivity index (χ2v) is 13.1. The zero-order chi connectivity index (χ0) is 25.7. The topological polar surface area (TPSA) is 27.7 Å². The molecule has 0 aliphatic rings. The van der Waals surface area contributed by atoms with Crippen molar-refractivity contribution in [3.8, 4) is 17.2 Å². The van der Waals surface area contributed by atoms with Gasteiger partial charge in [-0.2, -0.15) is 0 Å². The van der Waals surface area contributed by atoms with Crippen molar-refractivity contribution in [1.82, 2.24) is 0 Å². The summed E-state index contributed by atoms with van der Waals surface area (Å²) < 4.78 is 23.9. The lowest BCUT2D eigenvalue weighted by molar-refractivity contribution is 0.291. The van der Waals surface area contributed by atoms with Crippen LogP contribution in [0.3, 0.4) is 0 Å². The number of halogens is 6. The monoisotopic (exact) mass is 864 g/mol. The van der Waals surface area contributed by atoms with Crippen molar-refractivity contribution in [2.75, 3.05) is 0 Å². The fraction of sp³-hybridized carbons (Fsp3) is 0.111. The van der Waals surface area contributed by atoms with Crippen molar-refractivity contribution in [3.05, 3.63) is 116 Å². The van der Waals surface area contributed by atoms with Gasteiger partial charge in [0.2, 0.25) is 0 Å². The second-order valence-electron chi connectivity index (χ2n) is 7.75. The SMILES string of the molecule is Brc1ccc(OCc2cc(COc3ccc(Br)cc3Br)cc(COc3ccc(Br)cc3Br)c2)c(Br)c1. The molecule has 0 saturated heterocycles. The highest BCUT2D eigenvalue weighted by Gasteiger charge is 2.09. The van der Waals surface area contributed by atoms with Crippen LogP contribution >= 0.6 is 95.6 Å². The van der Waals surface area contributed by atoms with Crippen LogP contribution in [0.5, 0.6) is 17.2 Å². The van der Waals surface area contributed by atoms with Gasteiger partial charge in [-0.1, -0.05) is 47.8 Å². The predicted octanol–water partition coefficient (Wildman–Crippen LogP) is 11.0. The fourth-order valence-corrected chi connectivity index (χ4v) is 6.83. The van der Waals surface area contributed by atoms with Crippen LogP contribution in [0.25, 0.3) is 0 Å². The van der Waals surface area contributed by atoms with Gasteiger partial charge < -0.3 is 14.2 Å². The van der Waals surface area contributed by atoms with E-state index in [1.54, 1.807) is 0 Å². The molecule has 186 valence electrons. The first-order valence-corrected chi connectivity index (χ1v) is 15.4. The van der Waals surface area contributed by atoms with Gasteiger partial charge in [0.15, 0.2) is 0 Å². The van der Waals surface area contributed by atoms with E-state index in [0.717, 1.165) is 60.8 Å². The highest BCUT2D eigenvalue weighted by molar-refractivity contribution is 9.11. The van der Waals surface area contributed by atoms with Crippen molar-refractivity contribution >= 4 is 95.6 Å². The number of hydrogen-bond acceptors (Lipinski definition) is 3. The maximum atomic E-state index is 6.10. The summed E-state index contributed by atoms with van der Waals surface area (Å²) in [5, 5.41) is 0. The van der Waals surface area contributed by atoms with E-state index in [9.17, 15) is 0 Å². The summed E-state index contributed by atoms with van der Waals surface area (Å²) in [5.41, 5.74) is 3.07. The van der Waals surface area contributed by atoms with E-state index < -0.39 is 0 Å². The lowest BCUT2D eigenvalue weighted by atomic mass is 10.1. The highest BCUT2D eigenvalue weighted by Crippen LogP contribution is 2.32. The summed E-state index contributed by atoms with van der Waals surface area (Å²) >= 11 is 21.1. The standard InChI is InChI=1S/C27H18Br6O3/c28-19-1-4-25(22(31)10-19)34-13-16-7-17(14-35-26-5-2-20(29)11-23(26)32)9-18(8-16)15-36-27-6-3-21(30)12-24(27)33/h1-12H,13-15H2. The van der Waals surface area contributed by atoms with Crippen molar-refractivity contribution in [2.24, 2.45) is 0 Å². The van der Waals surface area contributed by atoms with Crippen molar-refractivity contribution in [3.63, 3.8) is 0 Å². The van der Waals surface area contributed by atoms with Crippen LogP contribution in [0.2, 0.25) is 0 Å². The molecule has 3 nitrogen and oxygen atoms in total. The first-order chi connectivity index (χ1) is 17.3. The molecule has 0 aromatic heterocycles. The molecular weight excluding hydrogens is 852 g/mol. The molecule has 0 aliphatic heterocycles. The van der Waals surface area contributed by atoms with E-state index in [0.29, 0.717) is 19.8 Å². The largest absolute Gasteiger partial charge is 0.488 e. The maximum absolute atomic E-state index is 6.10. The molecule has 0 amide bonds. The molecule has 0 saturated carbocycles. The Morgan fingerprint density at radius 1 is 0.389 bits per heavy atom. The Labute approximate surface area is 260 Å². The number of ether oxygens (including phenoxy) is 3. The third kappa shape index (κ3) is 8.08. The van der Waals surface area contributed by atoms with Crippen molar-refractivity contribution < 1.29 is 14.2 Å². The van der Waals surface area contributed by atoms with Gasteiger partial charge in [0.25, 0.3) is 0 Å². The first kappa shape index (κ1) is 28.2. The Morgan fingerprint density at radius 2 is 0.667 bits per heavy atom. The van der Waals surface area contributed by atoms with E-state index in [1.165, 1.54) is 0 Å².